The second kappa shape index (κ2) is 7.54. The van der Waals surface area contributed by atoms with E-state index in [9.17, 15) is 18.7 Å². The van der Waals surface area contributed by atoms with Crippen LogP contribution in [0.4, 0.5) is 8.78 Å². The first-order chi connectivity index (χ1) is 13.5. The fourth-order valence-corrected chi connectivity index (χ4v) is 4.28. The topological polar surface area (TPSA) is 71.5 Å². The Morgan fingerprint density at radius 3 is 2.48 bits per heavy atom. The number of aromatic amines is 1. The number of aliphatic hydroxyl groups is 1. The van der Waals surface area contributed by atoms with E-state index < -0.39 is 29.3 Å². The fraction of sp³-hybridized carbons (Fsp3) is 0.500. The number of aryl methyl sites for hydroxylation is 1. The van der Waals surface area contributed by atoms with Gasteiger partial charge in [-0.1, -0.05) is 13.0 Å². The first-order valence-corrected chi connectivity index (χ1v) is 9.61. The van der Waals surface area contributed by atoms with Gasteiger partial charge in [0.05, 0.1) is 30.1 Å². The van der Waals surface area contributed by atoms with Gasteiger partial charge < -0.3 is 19.6 Å². The molecule has 1 aliphatic rings. The minimum Gasteiger partial charge on any atom is -0.493 e. The highest BCUT2D eigenvalue weighted by molar-refractivity contribution is 5.42. The van der Waals surface area contributed by atoms with Crippen LogP contribution in [-0.2, 0) is 10.3 Å². The van der Waals surface area contributed by atoms with Crippen LogP contribution in [0.25, 0.3) is 0 Å². The Balaban J connectivity index is 2.26. The lowest BCUT2D eigenvalue weighted by atomic mass is 9.79. The van der Waals surface area contributed by atoms with Crippen LogP contribution < -0.4 is 10.2 Å². The smallest absolute Gasteiger partial charge is 0.200 e. The molecule has 2 aromatic rings. The number of H-pyrrole nitrogens is 1. The summed E-state index contributed by atoms with van der Waals surface area (Å²) < 4.78 is 39.6. The molecule has 1 saturated heterocycles. The molecule has 0 amide bonds. The molecule has 0 saturated carbocycles. The molecule has 0 radical (unpaired) electrons. The number of nitrogens with one attached hydrogen (secondary N) is 1. The number of benzene rings is 1. The summed E-state index contributed by atoms with van der Waals surface area (Å²) in [4.78, 5) is 15.9. The number of aromatic nitrogens is 1. The molecule has 7 heteroatoms. The summed E-state index contributed by atoms with van der Waals surface area (Å²) in [5.41, 5.74) is -0.0216. The summed E-state index contributed by atoms with van der Waals surface area (Å²) in [6.07, 6.45) is -0.894. The fourth-order valence-electron chi connectivity index (χ4n) is 4.28. The Labute approximate surface area is 168 Å². The average molecular weight is 407 g/mol. The Hall–Kier alpha value is -2.25. The average Bonchev–Trinajstić information content (AvgIpc) is 2.90. The second-order valence-electron chi connectivity index (χ2n) is 8.29. The van der Waals surface area contributed by atoms with Gasteiger partial charge in [-0.2, -0.15) is 4.39 Å². The standard InChI is InChI=1S/C22H27F2NO4/c1-10-9-15(26)17(22(4,5)27)19(25-10)21-16(11(2)12(3)29-21)13-7-8-14(23)18(24)20(13)28-6/h7-9,11-12,16,21,27H,1-6H3,(H,25,26)/t11-,12-,16+,21-/m1/s1. The third kappa shape index (κ3) is 3.69. The van der Waals surface area contributed by atoms with Gasteiger partial charge in [-0.25, -0.2) is 4.39 Å². The highest BCUT2D eigenvalue weighted by Gasteiger charge is 2.45. The maximum absolute atomic E-state index is 14.4. The molecule has 0 unspecified atom stereocenters. The lowest BCUT2D eigenvalue weighted by molar-refractivity contribution is 0.0328. The number of rotatable bonds is 4. The summed E-state index contributed by atoms with van der Waals surface area (Å²) in [6, 6.07) is 3.98. The Morgan fingerprint density at radius 2 is 1.90 bits per heavy atom. The van der Waals surface area contributed by atoms with E-state index in [0.29, 0.717) is 17.0 Å². The van der Waals surface area contributed by atoms with Gasteiger partial charge in [0, 0.05) is 23.2 Å². The molecule has 1 fully saturated rings. The number of hydrogen-bond acceptors (Lipinski definition) is 4. The molecular weight excluding hydrogens is 380 g/mol. The molecule has 1 aromatic carbocycles. The number of ether oxygens (including phenoxy) is 2. The van der Waals surface area contributed by atoms with Crippen molar-refractivity contribution in [2.45, 2.75) is 58.3 Å². The van der Waals surface area contributed by atoms with Gasteiger partial charge >= 0.3 is 0 Å². The molecule has 0 aliphatic carbocycles. The molecule has 1 aliphatic heterocycles. The molecule has 0 bridgehead atoms. The van der Waals surface area contributed by atoms with Gasteiger partial charge in [0.15, 0.2) is 17.0 Å². The third-order valence-corrected chi connectivity index (χ3v) is 5.73. The van der Waals surface area contributed by atoms with Crippen LogP contribution >= 0.6 is 0 Å². The summed E-state index contributed by atoms with van der Waals surface area (Å²) in [5.74, 6) is -2.74. The Bertz CT molecular complexity index is 980. The van der Waals surface area contributed by atoms with E-state index in [4.69, 9.17) is 9.47 Å². The zero-order valence-corrected chi connectivity index (χ0v) is 17.5. The third-order valence-electron chi connectivity index (χ3n) is 5.73. The van der Waals surface area contributed by atoms with E-state index in [2.05, 4.69) is 4.98 Å². The summed E-state index contributed by atoms with van der Waals surface area (Å²) in [6.45, 7) is 8.65. The van der Waals surface area contributed by atoms with Crippen molar-refractivity contribution in [1.29, 1.82) is 0 Å². The monoisotopic (exact) mass is 407 g/mol. The zero-order chi connectivity index (χ0) is 21.7. The number of hydrogen-bond donors (Lipinski definition) is 2. The van der Waals surface area contributed by atoms with E-state index in [-0.39, 0.29) is 28.8 Å². The van der Waals surface area contributed by atoms with Crippen molar-refractivity contribution in [3.63, 3.8) is 0 Å². The lowest BCUT2D eigenvalue weighted by Crippen LogP contribution is -2.30. The summed E-state index contributed by atoms with van der Waals surface area (Å²) >= 11 is 0. The first-order valence-electron chi connectivity index (χ1n) is 9.61. The van der Waals surface area contributed by atoms with Crippen LogP contribution in [-0.4, -0.2) is 23.3 Å². The zero-order valence-electron chi connectivity index (χ0n) is 17.5. The minimum absolute atomic E-state index is 0.0857. The number of pyridine rings is 1. The normalized spacial score (nSPS) is 24.7. The van der Waals surface area contributed by atoms with Gasteiger partial charge in [-0.05, 0) is 39.7 Å². The Kier molecular flexibility index (Phi) is 5.58. The molecule has 2 heterocycles. The van der Waals surface area contributed by atoms with E-state index in [1.807, 2.05) is 13.8 Å². The van der Waals surface area contributed by atoms with E-state index in [1.165, 1.54) is 33.1 Å². The van der Waals surface area contributed by atoms with Crippen LogP contribution in [0.2, 0.25) is 0 Å². The van der Waals surface area contributed by atoms with Crippen LogP contribution in [0.15, 0.2) is 23.0 Å². The van der Waals surface area contributed by atoms with E-state index in [0.717, 1.165) is 6.07 Å². The molecule has 4 atom stereocenters. The number of halogens is 2. The molecule has 2 N–H and O–H groups in total. The van der Waals surface area contributed by atoms with E-state index in [1.54, 1.807) is 6.92 Å². The predicted octanol–water partition coefficient (Wildman–Crippen LogP) is 4.08. The maximum atomic E-state index is 14.4. The van der Waals surface area contributed by atoms with Crippen LogP contribution in [0.5, 0.6) is 5.75 Å². The molecule has 5 nitrogen and oxygen atoms in total. The van der Waals surface area contributed by atoms with Crippen molar-refractivity contribution >= 4 is 0 Å². The quantitative estimate of drug-likeness (QED) is 0.801. The van der Waals surface area contributed by atoms with Gasteiger partial charge in [0.2, 0.25) is 5.82 Å². The van der Waals surface area contributed by atoms with Crippen molar-refractivity contribution in [1.82, 2.24) is 4.98 Å². The largest absolute Gasteiger partial charge is 0.493 e. The minimum atomic E-state index is -1.42. The van der Waals surface area contributed by atoms with E-state index >= 15 is 0 Å². The summed E-state index contributed by atoms with van der Waals surface area (Å²) in [5, 5.41) is 10.7. The Morgan fingerprint density at radius 1 is 1.24 bits per heavy atom. The highest BCUT2D eigenvalue weighted by Crippen LogP contribution is 2.51. The van der Waals surface area contributed by atoms with Gasteiger partial charge in [0.25, 0.3) is 0 Å². The molecule has 0 spiro atoms. The molecule has 3 rings (SSSR count). The first kappa shape index (κ1) is 21.5. The predicted molar refractivity (Wildman–Crippen MR) is 105 cm³/mol. The van der Waals surface area contributed by atoms with Gasteiger partial charge in [0.1, 0.15) is 6.10 Å². The molecular formula is C22H27F2NO4. The number of methoxy groups -OCH3 is 1. The maximum Gasteiger partial charge on any atom is 0.200 e. The van der Waals surface area contributed by atoms with Gasteiger partial charge in [-0.3, -0.25) is 4.79 Å². The van der Waals surface area contributed by atoms with Crippen molar-refractivity contribution in [2.75, 3.05) is 7.11 Å². The van der Waals surface area contributed by atoms with Gasteiger partial charge in [-0.15, -0.1) is 0 Å². The SMILES string of the molecule is COc1c([C@@H]2[C@H](C)[C@@H](C)O[C@H]2c2[nH]c(C)cc(=O)c2C(C)(C)O)ccc(F)c1F. The van der Waals surface area contributed by atoms with Crippen molar-refractivity contribution < 1.29 is 23.4 Å². The van der Waals surface area contributed by atoms with Crippen LogP contribution in [0.1, 0.15) is 62.2 Å². The molecule has 1 aromatic heterocycles. The van der Waals surface area contributed by atoms with Crippen molar-refractivity contribution in [3.05, 3.63) is 62.6 Å². The molecule has 158 valence electrons. The highest BCUT2D eigenvalue weighted by atomic mass is 19.2. The summed E-state index contributed by atoms with van der Waals surface area (Å²) in [7, 11) is 1.29. The van der Waals surface area contributed by atoms with Crippen LogP contribution in [0.3, 0.4) is 0 Å². The lowest BCUT2D eigenvalue weighted by Gasteiger charge is -2.28. The second-order valence-corrected chi connectivity index (χ2v) is 8.29. The van der Waals surface area contributed by atoms with Crippen LogP contribution in [0, 0.1) is 24.5 Å². The van der Waals surface area contributed by atoms with Crippen molar-refractivity contribution in [3.8, 4) is 5.75 Å². The molecule has 29 heavy (non-hydrogen) atoms. The van der Waals surface area contributed by atoms with Crippen molar-refractivity contribution in [2.24, 2.45) is 5.92 Å².